The highest BCUT2D eigenvalue weighted by atomic mass is 32.1. The van der Waals surface area contributed by atoms with E-state index in [1.165, 1.54) is 30.6 Å². The predicted molar refractivity (Wildman–Crippen MR) is 115 cm³/mol. The van der Waals surface area contributed by atoms with Crippen LogP contribution in [0.5, 0.6) is 5.75 Å². The van der Waals surface area contributed by atoms with Crippen molar-refractivity contribution in [3.63, 3.8) is 0 Å². The Labute approximate surface area is 181 Å². The number of carbonyl (C=O) groups excluding carboxylic acids is 1. The van der Waals surface area contributed by atoms with Crippen LogP contribution in [-0.2, 0) is 11.2 Å². The number of benzene rings is 2. The van der Waals surface area contributed by atoms with Crippen LogP contribution in [-0.4, -0.2) is 35.6 Å². The fourth-order valence-corrected chi connectivity index (χ4v) is 4.29. The molecule has 1 aliphatic rings. The molecule has 0 bridgehead atoms. The molecule has 0 fully saturated rings. The zero-order valence-electron chi connectivity index (χ0n) is 16.6. The molecule has 1 atom stereocenters. The smallest absolute Gasteiger partial charge is 0.338 e. The van der Waals surface area contributed by atoms with Crippen LogP contribution < -0.4 is 15.4 Å². The Morgan fingerprint density at radius 1 is 1.35 bits per heavy atom. The number of aromatic nitrogens is 1. The minimum atomic E-state index is -1.34. The number of halogens is 1. The lowest BCUT2D eigenvalue weighted by Crippen LogP contribution is -2.32. The summed E-state index contributed by atoms with van der Waals surface area (Å²) in [4.78, 5) is 27.9. The van der Waals surface area contributed by atoms with Gasteiger partial charge < -0.3 is 20.5 Å². The number of methoxy groups -OCH3 is 1. The molecular weight excluding hydrogens is 421 g/mol. The van der Waals surface area contributed by atoms with Gasteiger partial charge in [-0.3, -0.25) is 4.79 Å². The standard InChI is InChI=1S/C22H20FN3O4S/c1-30-19-9-13-4-5-24-18(11-20(27)26-22-25-6-7-31-22)14(13)10-15(19)12-2-3-17(23)16(8-12)21(28)29/h2-3,6-10,18,24H,4-5,11H2,1H3,(H,28,29)(H,25,26,27). The molecule has 3 aromatic rings. The van der Waals surface area contributed by atoms with Crippen LogP contribution in [0, 0.1) is 5.82 Å². The maximum absolute atomic E-state index is 13.9. The van der Waals surface area contributed by atoms with Gasteiger partial charge in [-0.2, -0.15) is 0 Å². The van der Waals surface area contributed by atoms with Gasteiger partial charge in [-0.05, 0) is 53.9 Å². The second-order valence-corrected chi connectivity index (χ2v) is 7.99. The molecule has 0 saturated heterocycles. The number of hydrogen-bond donors (Lipinski definition) is 3. The molecule has 1 aromatic heterocycles. The average molecular weight is 441 g/mol. The molecule has 0 spiro atoms. The van der Waals surface area contributed by atoms with E-state index in [0.717, 1.165) is 23.6 Å². The van der Waals surface area contributed by atoms with Gasteiger partial charge in [0.15, 0.2) is 5.13 Å². The lowest BCUT2D eigenvalue weighted by Gasteiger charge is -2.28. The van der Waals surface area contributed by atoms with E-state index >= 15 is 0 Å². The molecular formula is C22H20FN3O4S. The van der Waals surface area contributed by atoms with Crippen LogP contribution in [0.15, 0.2) is 41.9 Å². The highest BCUT2D eigenvalue weighted by molar-refractivity contribution is 7.13. The van der Waals surface area contributed by atoms with Crippen molar-refractivity contribution < 1.29 is 23.8 Å². The summed E-state index contributed by atoms with van der Waals surface area (Å²) in [6.45, 7) is 0.713. The highest BCUT2D eigenvalue weighted by Crippen LogP contribution is 2.38. The maximum Gasteiger partial charge on any atom is 0.338 e. The molecule has 3 N–H and O–H groups in total. The van der Waals surface area contributed by atoms with Crippen LogP contribution in [0.25, 0.3) is 11.1 Å². The van der Waals surface area contributed by atoms with Crippen molar-refractivity contribution >= 4 is 28.3 Å². The summed E-state index contributed by atoms with van der Waals surface area (Å²) in [7, 11) is 1.53. The van der Waals surface area contributed by atoms with Crippen molar-refractivity contribution in [2.24, 2.45) is 0 Å². The van der Waals surface area contributed by atoms with Crippen molar-refractivity contribution in [2.45, 2.75) is 18.9 Å². The Bertz CT molecular complexity index is 1130. The Hall–Kier alpha value is -3.30. The molecule has 7 nitrogen and oxygen atoms in total. The summed E-state index contributed by atoms with van der Waals surface area (Å²) < 4.78 is 19.4. The SMILES string of the molecule is COc1cc2c(cc1-c1ccc(F)c(C(=O)O)c1)C(CC(=O)Nc1nccs1)NCC2. The Morgan fingerprint density at radius 2 is 2.19 bits per heavy atom. The summed E-state index contributed by atoms with van der Waals surface area (Å²) in [5, 5.41) is 17.8. The number of hydrogen-bond acceptors (Lipinski definition) is 6. The summed E-state index contributed by atoms with van der Waals surface area (Å²) in [5.41, 5.74) is 2.73. The minimum absolute atomic E-state index is 0.160. The number of thiazole rings is 1. The molecule has 0 radical (unpaired) electrons. The number of carbonyl (C=O) groups is 2. The number of ether oxygens (including phenoxy) is 1. The van der Waals surface area contributed by atoms with Crippen molar-refractivity contribution in [3.05, 3.63) is 64.4 Å². The van der Waals surface area contributed by atoms with E-state index in [1.54, 1.807) is 11.6 Å². The van der Waals surface area contributed by atoms with Gasteiger partial charge in [0.25, 0.3) is 0 Å². The summed E-state index contributed by atoms with van der Waals surface area (Å²) >= 11 is 1.35. The van der Waals surface area contributed by atoms with Gasteiger partial charge in [0.1, 0.15) is 11.6 Å². The van der Waals surface area contributed by atoms with E-state index in [4.69, 9.17) is 4.74 Å². The van der Waals surface area contributed by atoms with E-state index in [1.807, 2.05) is 12.1 Å². The first kappa shape index (κ1) is 21.0. The van der Waals surface area contributed by atoms with E-state index in [2.05, 4.69) is 15.6 Å². The highest BCUT2D eigenvalue weighted by Gasteiger charge is 2.25. The molecule has 160 valence electrons. The second-order valence-electron chi connectivity index (χ2n) is 7.10. The number of nitrogens with zero attached hydrogens (tertiary/aromatic N) is 1. The van der Waals surface area contributed by atoms with Crippen molar-refractivity contribution in [3.8, 4) is 16.9 Å². The molecule has 2 heterocycles. The average Bonchev–Trinajstić information content (AvgIpc) is 3.26. The molecule has 31 heavy (non-hydrogen) atoms. The fourth-order valence-electron chi connectivity index (χ4n) is 3.74. The van der Waals surface area contributed by atoms with Crippen LogP contribution in [0.2, 0.25) is 0 Å². The molecule has 2 aromatic carbocycles. The monoisotopic (exact) mass is 441 g/mol. The van der Waals surface area contributed by atoms with E-state index in [0.29, 0.717) is 28.6 Å². The van der Waals surface area contributed by atoms with Gasteiger partial charge >= 0.3 is 5.97 Å². The largest absolute Gasteiger partial charge is 0.496 e. The number of carboxylic acid groups (broad SMARTS) is 1. The number of aromatic carboxylic acids is 1. The quantitative estimate of drug-likeness (QED) is 0.537. The predicted octanol–water partition coefficient (Wildman–Crippen LogP) is 3.87. The first-order valence-electron chi connectivity index (χ1n) is 9.63. The minimum Gasteiger partial charge on any atom is -0.496 e. The molecule has 0 aliphatic carbocycles. The van der Waals surface area contributed by atoms with Crippen LogP contribution in [0.1, 0.15) is 33.9 Å². The lowest BCUT2D eigenvalue weighted by atomic mass is 9.88. The number of rotatable bonds is 6. The van der Waals surface area contributed by atoms with Crippen LogP contribution >= 0.6 is 11.3 Å². The van der Waals surface area contributed by atoms with Gasteiger partial charge in [-0.1, -0.05) is 6.07 Å². The van der Waals surface area contributed by atoms with Gasteiger partial charge in [-0.25, -0.2) is 14.2 Å². The second kappa shape index (κ2) is 8.83. The molecule has 9 heteroatoms. The molecule has 1 amide bonds. The van der Waals surface area contributed by atoms with E-state index in [9.17, 15) is 19.1 Å². The Morgan fingerprint density at radius 3 is 2.90 bits per heavy atom. The van der Waals surface area contributed by atoms with Gasteiger partial charge in [0.2, 0.25) is 5.91 Å². The third kappa shape index (κ3) is 4.42. The third-order valence-electron chi connectivity index (χ3n) is 5.20. The van der Waals surface area contributed by atoms with Gasteiger partial charge in [0, 0.05) is 29.6 Å². The normalized spacial score (nSPS) is 15.2. The molecule has 0 saturated carbocycles. The van der Waals surface area contributed by atoms with Crippen molar-refractivity contribution in [2.75, 3.05) is 19.0 Å². The molecule has 4 rings (SSSR count). The number of nitrogens with one attached hydrogen (secondary N) is 2. The van der Waals surface area contributed by atoms with Crippen molar-refractivity contribution in [1.29, 1.82) is 0 Å². The summed E-state index contributed by atoms with van der Waals surface area (Å²) in [6.07, 6.45) is 2.60. The Kier molecular flexibility index (Phi) is 5.97. The third-order valence-corrected chi connectivity index (χ3v) is 5.89. The summed E-state index contributed by atoms with van der Waals surface area (Å²) in [5.74, 6) is -1.73. The van der Waals surface area contributed by atoms with Gasteiger partial charge in [-0.15, -0.1) is 11.3 Å². The first-order chi connectivity index (χ1) is 15.0. The lowest BCUT2D eigenvalue weighted by molar-refractivity contribution is -0.116. The number of carboxylic acids is 1. The fraction of sp³-hybridized carbons (Fsp3) is 0.227. The number of fused-ring (bicyclic) bond motifs is 1. The van der Waals surface area contributed by atoms with Gasteiger partial charge in [0.05, 0.1) is 12.7 Å². The number of anilines is 1. The van der Waals surface area contributed by atoms with E-state index in [-0.39, 0.29) is 18.4 Å². The Balaban J connectivity index is 1.69. The topological polar surface area (TPSA) is 101 Å². The van der Waals surface area contributed by atoms with E-state index < -0.39 is 17.3 Å². The van der Waals surface area contributed by atoms with Crippen LogP contribution in [0.3, 0.4) is 0 Å². The molecule has 1 aliphatic heterocycles. The van der Waals surface area contributed by atoms with Crippen LogP contribution in [0.4, 0.5) is 9.52 Å². The number of amides is 1. The molecule has 1 unspecified atom stereocenters. The maximum atomic E-state index is 13.9. The summed E-state index contributed by atoms with van der Waals surface area (Å²) in [6, 6.07) is 7.51. The first-order valence-corrected chi connectivity index (χ1v) is 10.5. The zero-order chi connectivity index (χ0) is 22.0. The zero-order valence-corrected chi connectivity index (χ0v) is 17.5. The van der Waals surface area contributed by atoms with Crippen molar-refractivity contribution in [1.82, 2.24) is 10.3 Å².